The average molecular weight is 356 g/mol. The Labute approximate surface area is 153 Å². The average Bonchev–Trinajstić information content (AvgIpc) is 2.66. The molecule has 0 fully saturated rings. The molecule has 2 N–H and O–H groups in total. The van der Waals surface area contributed by atoms with E-state index in [-0.39, 0.29) is 12.3 Å². The van der Waals surface area contributed by atoms with Gasteiger partial charge < -0.3 is 24.8 Å². The molecule has 0 radical (unpaired) electrons. The molecular formula is C20H24N2O4. The van der Waals surface area contributed by atoms with E-state index in [4.69, 9.17) is 19.9 Å². The first-order valence-corrected chi connectivity index (χ1v) is 8.49. The van der Waals surface area contributed by atoms with Crippen LogP contribution in [0.25, 0.3) is 0 Å². The van der Waals surface area contributed by atoms with Gasteiger partial charge in [-0.15, -0.1) is 0 Å². The van der Waals surface area contributed by atoms with Crippen LogP contribution in [0.3, 0.4) is 0 Å². The van der Waals surface area contributed by atoms with E-state index in [0.717, 1.165) is 23.2 Å². The van der Waals surface area contributed by atoms with Crippen molar-refractivity contribution in [2.45, 2.75) is 19.4 Å². The van der Waals surface area contributed by atoms with Crippen LogP contribution in [0.1, 0.15) is 16.7 Å². The SMILES string of the molecule is COc1cc(CC(=O)N2CCc3cc(N)ccc3C2)cc(OC)c1OC. The lowest BCUT2D eigenvalue weighted by molar-refractivity contribution is -0.131. The van der Waals surface area contributed by atoms with E-state index in [1.807, 2.05) is 35.2 Å². The Morgan fingerprint density at radius 3 is 2.35 bits per heavy atom. The summed E-state index contributed by atoms with van der Waals surface area (Å²) in [5, 5.41) is 0. The monoisotopic (exact) mass is 356 g/mol. The molecule has 0 atom stereocenters. The molecular weight excluding hydrogens is 332 g/mol. The predicted molar refractivity (Wildman–Crippen MR) is 99.8 cm³/mol. The number of hydrogen-bond donors (Lipinski definition) is 1. The third-order valence-electron chi connectivity index (χ3n) is 4.68. The van der Waals surface area contributed by atoms with Crippen LogP contribution in [-0.4, -0.2) is 38.7 Å². The highest BCUT2D eigenvalue weighted by Gasteiger charge is 2.22. The van der Waals surface area contributed by atoms with Crippen molar-refractivity contribution in [3.05, 3.63) is 47.0 Å². The minimum Gasteiger partial charge on any atom is -0.493 e. The fraction of sp³-hybridized carbons (Fsp3) is 0.350. The van der Waals surface area contributed by atoms with Crippen LogP contribution in [-0.2, 0) is 24.2 Å². The van der Waals surface area contributed by atoms with E-state index in [1.54, 1.807) is 21.3 Å². The Morgan fingerprint density at radius 1 is 1.04 bits per heavy atom. The maximum atomic E-state index is 12.8. The van der Waals surface area contributed by atoms with E-state index in [1.165, 1.54) is 5.56 Å². The molecule has 0 saturated heterocycles. The smallest absolute Gasteiger partial charge is 0.227 e. The molecule has 0 bridgehead atoms. The molecule has 138 valence electrons. The molecule has 1 amide bonds. The van der Waals surface area contributed by atoms with Crippen molar-refractivity contribution in [2.24, 2.45) is 0 Å². The summed E-state index contributed by atoms with van der Waals surface area (Å²) < 4.78 is 16.1. The standard InChI is InChI=1S/C20H24N2O4/c1-24-17-8-13(9-18(25-2)20(17)26-3)10-19(23)22-7-6-14-11-16(21)5-4-15(14)12-22/h4-5,8-9,11H,6-7,10,12,21H2,1-3H3. The van der Waals surface area contributed by atoms with Crippen molar-refractivity contribution < 1.29 is 19.0 Å². The van der Waals surface area contributed by atoms with Gasteiger partial charge in [0.15, 0.2) is 11.5 Å². The fourth-order valence-electron chi connectivity index (χ4n) is 3.31. The molecule has 1 aliphatic heterocycles. The second-order valence-electron chi connectivity index (χ2n) is 6.30. The van der Waals surface area contributed by atoms with E-state index < -0.39 is 0 Å². The van der Waals surface area contributed by atoms with Crippen molar-refractivity contribution in [1.29, 1.82) is 0 Å². The molecule has 6 heteroatoms. The molecule has 0 saturated carbocycles. The van der Waals surface area contributed by atoms with Gasteiger partial charge in [-0.3, -0.25) is 4.79 Å². The summed E-state index contributed by atoms with van der Waals surface area (Å²) in [5.74, 6) is 1.70. The van der Waals surface area contributed by atoms with Gasteiger partial charge in [0.2, 0.25) is 11.7 Å². The Morgan fingerprint density at radius 2 is 1.73 bits per heavy atom. The Bertz CT molecular complexity index is 794. The summed E-state index contributed by atoms with van der Waals surface area (Å²) in [6.45, 7) is 1.30. The normalized spacial score (nSPS) is 13.1. The Kier molecular flexibility index (Phi) is 5.21. The quantitative estimate of drug-likeness (QED) is 0.833. The van der Waals surface area contributed by atoms with Crippen molar-refractivity contribution in [2.75, 3.05) is 33.6 Å². The van der Waals surface area contributed by atoms with Crippen molar-refractivity contribution in [3.8, 4) is 17.2 Å². The molecule has 0 spiro atoms. The molecule has 1 heterocycles. The number of nitrogens with two attached hydrogens (primary N) is 1. The maximum absolute atomic E-state index is 12.8. The zero-order valence-corrected chi connectivity index (χ0v) is 15.4. The van der Waals surface area contributed by atoms with Crippen LogP contribution >= 0.6 is 0 Å². The summed E-state index contributed by atoms with van der Waals surface area (Å²) >= 11 is 0. The van der Waals surface area contributed by atoms with Gasteiger partial charge in [-0.2, -0.15) is 0 Å². The number of ether oxygens (including phenoxy) is 3. The van der Waals surface area contributed by atoms with Crippen LogP contribution in [0.15, 0.2) is 30.3 Å². The van der Waals surface area contributed by atoms with Crippen LogP contribution < -0.4 is 19.9 Å². The summed E-state index contributed by atoms with van der Waals surface area (Å²) in [6, 6.07) is 9.52. The number of anilines is 1. The van der Waals surface area contributed by atoms with Gasteiger partial charge in [-0.1, -0.05) is 6.07 Å². The lowest BCUT2D eigenvalue weighted by Crippen LogP contribution is -2.36. The van der Waals surface area contributed by atoms with Crippen LogP contribution in [0, 0.1) is 0 Å². The number of carbonyl (C=O) groups excluding carboxylic acids is 1. The highest BCUT2D eigenvalue weighted by Crippen LogP contribution is 2.38. The highest BCUT2D eigenvalue weighted by molar-refractivity contribution is 5.79. The number of fused-ring (bicyclic) bond motifs is 1. The second-order valence-corrected chi connectivity index (χ2v) is 6.30. The topological polar surface area (TPSA) is 74.0 Å². The van der Waals surface area contributed by atoms with Crippen LogP contribution in [0.4, 0.5) is 5.69 Å². The first-order valence-electron chi connectivity index (χ1n) is 8.49. The Hall–Kier alpha value is -2.89. The summed E-state index contributed by atoms with van der Waals surface area (Å²) in [6.07, 6.45) is 1.10. The van der Waals surface area contributed by atoms with Gasteiger partial charge >= 0.3 is 0 Å². The molecule has 0 aromatic heterocycles. The number of hydrogen-bond acceptors (Lipinski definition) is 5. The first kappa shape index (κ1) is 17.9. The number of nitrogens with zero attached hydrogens (tertiary/aromatic N) is 1. The Balaban J connectivity index is 1.77. The summed E-state index contributed by atoms with van der Waals surface area (Å²) in [7, 11) is 4.69. The highest BCUT2D eigenvalue weighted by atomic mass is 16.5. The van der Waals surface area contributed by atoms with E-state index in [9.17, 15) is 4.79 Å². The largest absolute Gasteiger partial charge is 0.493 e. The fourth-order valence-corrected chi connectivity index (χ4v) is 3.31. The number of amides is 1. The van der Waals surface area contributed by atoms with Crippen molar-refractivity contribution >= 4 is 11.6 Å². The number of rotatable bonds is 5. The first-order chi connectivity index (χ1) is 12.5. The van der Waals surface area contributed by atoms with Crippen molar-refractivity contribution in [3.63, 3.8) is 0 Å². The van der Waals surface area contributed by atoms with Gasteiger partial charge in [-0.05, 0) is 47.4 Å². The minimum atomic E-state index is 0.0711. The minimum absolute atomic E-state index is 0.0711. The summed E-state index contributed by atoms with van der Waals surface area (Å²) in [4.78, 5) is 14.7. The van der Waals surface area contributed by atoms with Crippen LogP contribution in [0.2, 0.25) is 0 Å². The molecule has 3 rings (SSSR count). The second kappa shape index (κ2) is 7.56. The van der Waals surface area contributed by atoms with E-state index >= 15 is 0 Å². The molecule has 0 aliphatic carbocycles. The molecule has 2 aromatic carbocycles. The lowest BCUT2D eigenvalue weighted by atomic mass is 9.98. The van der Waals surface area contributed by atoms with Gasteiger partial charge in [0.05, 0.1) is 27.8 Å². The van der Waals surface area contributed by atoms with Gasteiger partial charge in [0.25, 0.3) is 0 Å². The number of methoxy groups -OCH3 is 3. The molecule has 2 aromatic rings. The number of nitrogen functional groups attached to an aromatic ring is 1. The molecule has 6 nitrogen and oxygen atoms in total. The van der Waals surface area contributed by atoms with Gasteiger partial charge in [-0.25, -0.2) is 0 Å². The molecule has 1 aliphatic rings. The van der Waals surface area contributed by atoms with Crippen LogP contribution in [0.5, 0.6) is 17.2 Å². The zero-order valence-electron chi connectivity index (χ0n) is 15.4. The third kappa shape index (κ3) is 3.54. The third-order valence-corrected chi connectivity index (χ3v) is 4.68. The zero-order chi connectivity index (χ0) is 18.7. The van der Waals surface area contributed by atoms with E-state index in [0.29, 0.717) is 30.3 Å². The van der Waals surface area contributed by atoms with Gasteiger partial charge in [0, 0.05) is 18.8 Å². The maximum Gasteiger partial charge on any atom is 0.227 e. The number of benzene rings is 2. The van der Waals surface area contributed by atoms with E-state index in [2.05, 4.69) is 0 Å². The lowest BCUT2D eigenvalue weighted by Gasteiger charge is -2.29. The summed E-state index contributed by atoms with van der Waals surface area (Å²) in [5.41, 5.74) is 9.81. The predicted octanol–water partition coefficient (Wildman–Crippen LogP) is 2.42. The molecule has 26 heavy (non-hydrogen) atoms. The molecule has 0 unspecified atom stereocenters. The van der Waals surface area contributed by atoms with Crippen molar-refractivity contribution in [1.82, 2.24) is 4.90 Å². The number of carbonyl (C=O) groups is 1. The van der Waals surface area contributed by atoms with Gasteiger partial charge in [0.1, 0.15) is 0 Å².